The van der Waals surface area contributed by atoms with Gasteiger partial charge in [0.1, 0.15) is 22.6 Å². The third-order valence-electron chi connectivity index (χ3n) is 5.87. The van der Waals surface area contributed by atoms with Gasteiger partial charge in [0.2, 0.25) is 0 Å². The topological polar surface area (TPSA) is 98.1 Å². The van der Waals surface area contributed by atoms with Crippen LogP contribution in [0.3, 0.4) is 0 Å². The molecular weight excluding hydrogens is 394 g/mol. The maximum Gasteiger partial charge on any atom is 0.355 e. The number of hydrogen-bond acceptors (Lipinski definition) is 7. The molecular formula is C21H25NO6S. The van der Waals surface area contributed by atoms with Gasteiger partial charge in [-0.15, -0.1) is 11.3 Å². The largest absolute Gasteiger partial charge is 0.497 e. The minimum absolute atomic E-state index is 0.0252. The molecule has 156 valence electrons. The maximum atomic E-state index is 11.1. The first-order valence-electron chi connectivity index (χ1n) is 9.84. The first-order valence-corrected chi connectivity index (χ1v) is 10.7. The van der Waals surface area contributed by atoms with Gasteiger partial charge in [-0.05, 0) is 43.2 Å². The molecule has 1 aromatic heterocycles. The van der Waals surface area contributed by atoms with E-state index in [4.69, 9.17) is 19.3 Å². The normalized spacial score (nSPS) is 28.7. The number of aliphatic hydroxyl groups is 1. The number of thiazole rings is 1. The lowest BCUT2D eigenvalue weighted by molar-refractivity contribution is -0.0798. The predicted octanol–water partition coefficient (Wildman–Crippen LogP) is 3.54. The number of rotatable bonds is 7. The Hall–Kier alpha value is -2.16. The Bertz CT molecular complexity index is 855. The molecule has 4 rings (SSSR count). The molecule has 0 amide bonds. The van der Waals surface area contributed by atoms with Crippen molar-refractivity contribution in [2.75, 3.05) is 13.7 Å². The number of methoxy groups -OCH3 is 1. The first kappa shape index (κ1) is 20.1. The lowest BCUT2D eigenvalue weighted by Crippen LogP contribution is -2.31. The van der Waals surface area contributed by atoms with Gasteiger partial charge in [0.25, 0.3) is 0 Å². The van der Waals surface area contributed by atoms with Crippen LogP contribution in [0.1, 0.15) is 47.3 Å². The highest BCUT2D eigenvalue weighted by molar-refractivity contribution is 7.09. The van der Waals surface area contributed by atoms with Gasteiger partial charge in [-0.25, -0.2) is 9.78 Å². The fourth-order valence-corrected chi connectivity index (χ4v) is 5.32. The van der Waals surface area contributed by atoms with Crippen molar-refractivity contribution in [2.45, 2.75) is 44.0 Å². The highest BCUT2D eigenvalue weighted by atomic mass is 32.1. The third kappa shape index (κ3) is 4.39. The van der Waals surface area contributed by atoms with Crippen LogP contribution in [0.4, 0.5) is 0 Å². The summed E-state index contributed by atoms with van der Waals surface area (Å²) in [7, 11) is 1.62. The number of carbonyl (C=O) groups is 1. The van der Waals surface area contributed by atoms with E-state index in [9.17, 15) is 9.90 Å². The van der Waals surface area contributed by atoms with Crippen LogP contribution in [0, 0.1) is 11.8 Å². The number of aromatic carboxylic acids is 1. The van der Waals surface area contributed by atoms with Gasteiger partial charge >= 0.3 is 5.97 Å². The van der Waals surface area contributed by atoms with Gasteiger partial charge in [0.15, 0.2) is 5.69 Å². The van der Waals surface area contributed by atoms with E-state index in [1.165, 1.54) is 11.3 Å². The summed E-state index contributed by atoms with van der Waals surface area (Å²) in [6.45, 7) is 0.524. The van der Waals surface area contributed by atoms with E-state index in [1.807, 2.05) is 24.3 Å². The number of ether oxygens (including phenoxy) is 3. The summed E-state index contributed by atoms with van der Waals surface area (Å²) in [6, 6.07) is 7.50. The van der Waals surface area contributed by atoms with Crippen molar-refractivity contribution in [3.8, 4) is 11.5 Å². The fourth-order valence-electron chi connectivity index (χ4n) is 4.45. The summed E-state index contributed by atoms with van der Waals surface area (Å²) in [4.78, 5) is 15.2. The van der Waals surface area contributed by atoms with E-state index in [-0.39, 0.29) is 29.7 Å². The van der Waals surface area contributed by atoms with E-state index >= 15 is 0 Å². The van der Waals surface area contributed by atoms with Crippen LogP contribution in [-0.4, -0.2) is 47.1 Å². The summed E-state index contributed by atoms with van der Waals surface area (Å²) in [5.74, 6) is 0.912. The van der Waals surface area contributed by atoms with Crippen LogP contribution >= 0.6 is 11.3 Å². The molecule has 7 nitrogen and oxygen atoms in total. The molecule has 0 unspecified atom stereocenters. The van der Waals surface area contributed by atoms with E-state index in [1.54, 1.807) is 12.5 Å². The van der Waals surface area contributed by atoms with Crippen LogP contribution in [0.15, 0.2) is 29.6 Å². The second-order valence-corrected chi connectivity index (χ2v) is 8.45. The van der Waals surface area contributed by atoms with Crippen molar-refractivity contribution in [1.82, 2.24) is 4.98 Å². The Morgan fingerprint density at radius 2 is 2.17 bits per heavy atom. The van der Waals surface area contributed by atoms with Crippen molar-refractivity contribution in [3.63, 3.8) is 0 Å². The van der Waals surface area contributed by atoms with Crippen molar-refractivity contribution in [1.29, 1.82) is 0 Å². The number of aliphatic hydroxyl groups excluding tert-OH is 1. The quantitative estimate of drug-likeness (QED) is 0.708. The number of aromatic nitrogens is 1. The van der Waals surface area contributed by atoms with Crippen molar-refractivity contribution in [2.24, 2.45) is 11.8 Å². The molecule has 2 fully saturated rings. The van der Waals surface area contributed by atoms with Crippen LogP contribution < -0.4 is 9.47 Å². The summed E-state index contributed by atoms with van der Waals surface area (Å²) in [6.07, 6.45) is 2.45. The zero-order valence-corrected chi connectivity index (χ0v) is 17.0. The molecule has 8 heteroatoms. The highest BCUT2D eigenvalue weighted by Crippen LogP contribution is 2.47. The summed E-state index contributed by atoms with van der Waals surface area (Å²) >= 11 is 1.32. The molecule has 0 radical (unpaired) electrons. The zero-order chi connectivity index (χ0) is 20.4. The molecule has 29 heavy (non-hydrogen) atoms. The van der Waals surface area contributed by atoms with Gasteiger partial charge in [-0.2, -0.15) is 0 Å². The zero-order valence-electron chi connectivity index (χ0n) is 16.2. The number of benzene rings is 1. The fraction of sp³-hybridized carbons (Fsp3) is 0.524. The lowest BCUT2D eigenvalue weighted by atomic mass is 9.85. The number of carboxylic acids is 1. The number of nitrogens with zero attached hydrogens (tertiary/aromatic N) is 1. The Balaban J connectivity index is 1.32. The number of carboxylic acid groups (broad SMARTS) is 1. The SMILES string of the molecule is COc1cccc(OCC[C@@H]2[C@H]3CC[C@H](c4nc(C(=O)O)cs4)O[C@H]3C[C@H]2O)c1. The average Bonchev–Trinajstić information content (AvgIpc) is 3.33. The minimum atomic E-state index is -1.02. The molecule has 1 saturated carbocycles. The average molecular weight is 419 g/mol. The Labute approximate surface area is 173 Å². The second kappa shape index (κ2) is 8.69. The second-order valence-electron chi connectivity index (χ2n) is 7.56. The molecule has 1 aliphatic carbocycles. The Morgan fingerprint density at radius 1 is 1.34 bits per heavy atom. The van der Waals surface area contributed by atoms with Crippen molar-refractivity contribution in [3.05, 3.63) is 40.3 Å². The molecule has 2 N–H and O–H groups in total. The van der Waals surface area contributed by atoms with Crippen LogP contribution in [0.5, 0.6) is 11.5 Å². The smallest absolute Gasteiger partial charge is 0.355 e. The molecule has 0 spiro atoms. The van der Waals surface area contributed by atoms with Gasteiger partial charge in [-0.3, -0.25) is 0 Å². The van der Waals surface area contributed by atoms with E-state index in [2.05, 4.69) is 4.98 Å². The predicted molar refractivity (Wildman–Crippen MR) is 107 cm³/mol. The molecule has 2 heterocycles. The standard InChI is InChI=1S/C21H25NO6S/c1-26-12-3-2-4-13(9-12)27-8-7-14-15-5-6-18(28-19(15)10-17(14)23)20-22-16(11-29-20)21(24)25/h2-4,9,11,14-15,17-19,23H,5-8,10H2,1H3,(H,24,25)/t14-,15-,17-,18-,19+/m1/s1. The maximum absolute atomic E-state index is 11.1. The third-order valence-corrected chi connectivity index (χ3v) is 6.81. The molecule has 0 bridgehead atoms. The monoisotopic (exact) mass is 419 g/mol. The molecule has 1 saturated heterocycles. The summed E-state index contributed by atoms with van der Waals surface area (Å²) < 4.78 is 17.3. The molecule has 2 aliphatic rings. The Morgan fingerprint density at radius 3 is 2.93 bits per heavy atom. The molecule has 1 aromatic carbocycles. The molecule has 2 aromatic rings. The van der Waals surface area contributed by atoms with Crippen LogP contribution in [-0.2, 0) is 4.74 Å². The number of fused-ring (bicyclic) bond motifs is 1. The van der Waals surface area contributed by atoms with Crippen molar-refractivity contribution >= 4 is 17.3 Å². The Kier molecular flexibility index (Phi) is 6.03. The summed E-state index contributed by atoms with van der Waals surface area (Å²) in [5, 5.41) is 21.9. The van der Waals surface area contributed by atoms with Gasteiger partial charge in [0.05, 0.1) is 25.9 Å². The lowest BCUT2D eigenvalue weighted by Gasteiger charge is -2.34. The van der Waals surface area contributed by atoms with E-state index in [0.717, 1.165) is 30.8 Å². The van der Waals surface area contributed by atoms with Gasteiger partial charge in [0, 0.05) is 17.9 Å². The van der Waals surface area contributed by atoms with E-state index < -0.39 is 12.1 Å². The first-order chi connectivity index (χ1) is 14.0. The van der Waals surface area contributed by atoms with Crippen LogP contribution in [0.25, 0.3) is 0 Å². The minimum Gasteiger partial charge on any atom is -0.497 e. The van der Waals surface area contributed by atoms with Crippen LogP contribution in [0.2, 0.25) is 0 Å². The highest BCUT2D eigenvalue weighted by Gasteiger charge is 2.46. The number of hydrogen-bond donors (Lipinski definition) is 2. The summed E-state index contributed by atoms with van der Waals surface area (Å²) in [5.41, 5.74) is 0.0646. The van der Waals surface area contributed by atoms with Gasteiger partial charge < -0.3 is 24.4 Å². The molecule has 5 atom stereocenters. The molecule has 1 aliphatic heterocycles. The van der Waals surface area contributed by atoms with E-state index in [0.29, 0.717) is 18.0 Å². The van der Waals surface area contributed by atoms with Gasteiger partial charge in [-0.1, -0.05) is 6.07 Å². The van der Waals surface area contributed by atoms with Crippen molar-refractivity contribution < 1.29 is 29.2 Å².